The first-order valence-electron chi connectivity index (χ1n) is 5.85. The number of nitrogens with zero attached hydrogens (tertiary/aromatic N) is 1. The molecule has 92 valence electrons. The predicted octanol–water partition coefficient (Wildman–Crippen LogP) is 1.75. The number of hydrogen-bond donors (Lipinski definition) is 1. The summed E-state index contributed by atoms with van der Waals surface area (Å²) in [5.74, 6) is 0.620. The summed E-state index contributed by atoms with van der Waals surface area (Å²) in [6, 6.07) is 0. The molecule has 0 aliphatic heterocycles. The smallest absolute Gasteiger partial charge is 0.0743 e. The number of rotatable bonds is 8. The lowest BCUT2D eigenvalue weighted by Crippen LogP contribution is -2.43. The average Bonchev–Trinajstić information content (AvgIpc) is 2.13. The Balaban J connectivity index is 4.10. The van der Waals surface area contributed by atoms with E-state index in [2.05, 4.69) is 18.7 Å². The summed E-state index contributed by atoms with van der Waals surface area (Å²) < 4.78 is 5.08. The molecule has 0 amide bonds. The van der Waals surface area contributed by atoms with Crippen LogP contribution in [0.4, 0.5) is 0 Å². The fourth-order valence-corrected chi connectivity index (χ4v) is 1.57. The second-order valence-electron chi connectivity index (χ2n) is 4.97. The highest BCUT2D eigenvalue weighted by atomic mass is 16.5. The van der Waals surface area contributed by atoms with Gasteiger partial charge in [-0.2, -0.15) is 0 Å². The van der Waals surface area contributed by atoms with E-state index in [1.54, 1.807) is 7.11 Å². The van der Waals surface area contributed by atoms with Crippen LogP contribution in [-0.2, 0) is 4.74 Å². The zero-order chi connectivity index (χ0) is 11.9. The zero-order valence-corrected chi connectivity index (χ0v) is 10.9. The first-order valence-corrected chi connectivity index (χ1v) is 5.85. The normalized spacial score (nSPS) is 16.0. The minimum Gasteiger partial charge on any atom is -0.389 e. The Morgan fingerprint density at radius 2 is 2.00 bits per heavy atom. The van der Waals surface area contributed by atoms with Crippen molar-refractivity contribution in [3.05, 3.63) is 0 Å². The Hall–Kier alpha value is -0.120. The molecule has 1 N–H and O–H groups in total. The number of hydrogen-bond acceptors (Lipinski definition) is 3. The molecule has 0 saturated heterocycles. The summed E-state index contributed by atoms with van der Waals surface area (Å²) in [5.41, 5.74) is -0.581. The lowest BCUT2D eigenvalue weighted by Gasteiger charge is -2.31. The molecule has 0 rings (SSSR count). The zero-order valence-electron chi connectivity index (χ0n) is 10.9. The van der Waals surface area contributed by atoms with E-state index < -0.39 is 5.60 Å². The van der Waals surface area contributed by atoms with Crippen LogP contribution in [0.3, 0.4) is 0 Å². The molecule has 0 spiro atoms. The van der Waals surface area contributed by atoms with Crippen molar-refractivity contribution < 1.29 is 9.84 Å². The average molecular weight is 217 g/mol. The molecule has 0 saturated carbocycles. The quantitative estimate of drug-likeness (QED) is 0.672. The monoisotopic (exact) mass is 217 g/mol. The molecule has 0 aliphatic carbocycles. The Morgan fingerprint density at radius 3 is 2.40 bits per heavy atom. The van der Waals surface area contributed by atoms with Crippen molar-refractivity contribution in [2.75, 3.05) is 33.4 Å². The van der Waals surface area contributed by atoms with E-state index in [1.165, 1.54) is 0 Å². The standard InChI is InChI=1S/C12H27NO2/c1-6-12(4,14)10-13(7-8-15-5)9-11(2)3/h11,14H,6-10H2,1-5H3. The second-order valence-corrected chi connectivity index (χ2v) is 4.97. The van der Waals surface area contributed by atoms with E-state index in [-0.39, 0.29) is 0 Å². The maximum absolute atomic E-state index is 10.0. The van der Waals surface area contributed by atoms with Gasteiger partial charge in [0, 0.05) is 26.7 Å². The van der Waals surface area contributed by atoms with Gasteiger partial charge in [-0.15, -0.1) is 0 Å². The van der Waals surface area contributed by atoms with Crippen LogP contribution >= 0.6 is 0 Å². The first-order chi connectivity index (χ1) is 6.91. The second kappa shape index (κ2) is 7.20. The molecule has 0 radical (unpaired) electrons. The van der Waals surface area contributed by atoms with Crippen molar-refractivity contribution in [3.8, 4) is 0 Å². The molecule has 0 aliphatic rings. The number of ether oxygens (including phenoxy) is 1. The third kappa shape index (κ3) is 7.77. The van der Waals surface area contributed by atoms with Crippen molar-refractivity contribution in [2.45, 2.75) is 39.7 Å². The minimum atomic E-state index is -0.581. The third-order valence-corrected chi connectivity index (χ3v) is 2.56. The molecule has 0 fully saturated rings. The van der Waals surface area contributed by atoms with Gasteiger partial charge >= 0.3 is 0 Å². The van der Waals surface area contributed by atoms with E-state index in [4.69, 9.17) is 4.74 Å². The Bertz CT molecular complexity index is 158. The molecule has 0 aromatic rings. The van der Waals surface area contributed by atoms with Gasteiger partial charge in [0.1, 0.15) is 0 Å². The molecule has 0 aromatic carbocycles. The van der Waals surface area contributed by atoms with E-state index >= 15 is 0 Å². The maximum Gasteiger partial charge on any atom is 0.0743 e. The fraction of sp³-hybridized carbons (Fsp3) is 1.00. The summed E-state index contributed by atoms with van der Waals surface area (Å²) in [6.45, 7) is 11.7. The summed E-state index contributed by atoms with van der Waals surface area (Å²) in [7, 11) is 1.71. The van der Waals surface area contributed by atoms with Crippen LogP contribution in [0.25, 0.3) is 0 Å². The lowest BCUT2D eigenvalue weighted by molar-refractivity contribution is 0.00653. The summed E-state index contributed by atoms with van der Waals surface area (Å²) in [5, 5.41) is 10.0. The van der Waals surface area contributed by atoms with Crippen LogP contribution in [0.1, 0.15) is 34.1 Å². The van der Waals surface area contributed by atoms with Gasteiger partial charge < -0.3 is 9.84 Å². The van der Waals surface area contributed by atoms with E-state index in [0.29, 0.717) is 5.92 Å². The van der Waals surface area contributed by atoms with Crippen LogP contribution < -0.4 is 0 Å². The summed E-state index contributed by atoms with van der Waals surface area (Å²) >= 11 is 0. The van der Waals surface area contributed by atoms with E-state index in [0.717, 1.165) is 32.7 Å². The molecular weight excluding hydrogens is 190 g/mol. The lowest BCUT2D eigenvalue weighted by atomic mass is 10.0. The van der Waals surface area contributed by atoms with Gasteiger partial charge in [0.2, 0.25) is 0 Å². The molecular formula is C12H27NO2. The molecule has 0 aromatic heterocycles. The maximum atomic E-state index is 10.0. The van der Waals surface area contributed by atoms with Gasteiger partial charge in [0.25, 0.3) is 0 Å². The molecule has 0 bridgehead atoms. The van der Waals surface area contributed by atoms with Gasteiger partial charge in [-0.1, -0.05) is 20.8 Å². The van der Waals surface area contributed by atoms with Crippen molar-refractivity contribution in [2.24, 2.45) is 5.92 Å². The molecule has 3 heteroatoms. The van der Waals surface area contributed by atoms with Crippen molar-refractivity contribution >= 4 is 0 Å². The van der Waals surface area contributed by atoms with Crippen molar-refractivity contribution in [1.82, 2.24) is 4.90 Å². The van der Waals surface area contributed by atoms with Crippen LogP contribution in [0.5, 0.6) is 0 Å². The number of aliphatic hydroxyl groups is 1. The molecule has 1 unspecified atom stereocenters. The molecule has 1 atom stereocenters. The van der Waals surface area contributed by atoms with Crippen LogP contribution in [-0.4, -0.2) is 49.0 Å². The largest absolute Gasteiger partial charge is 0.389 e. The highest BCUT2D eigenvalue weighted by molar-refractivity contribution is 4.76. The van der Waals surface area contributed by atoms with Crippen molar-refractivity contribution in [1.29, 1.82) is 0 Å². The van der Waals surface area contributed by atoms with Gasteiger partial charge in [0.15, 0.2) is 0 Å². The molecule has 0 heterocycles. The van der Waals surface area contributed by atoms with Crippen LogP contribution in [0.15, 0.2) is 0 Å². The molecule has 15 heavy (non-hydrogen) atoms. The Morgan fingerprint density at radius 1 is 1.40 bits per heavy atom. The van der Waals surface area contributed by atoms with Gasteiger partial charge in [-0.3, -0.25) is 4.90 Å². The van der Waals surface area contributed by atoms with E-state index in [1.807, 2.05) is 13.8 Å². The van der Waals surface area contributed by atoms with Gasteiger partial charge in [-0.25, -0.2) is 0 Å². The van der Waals surface area contributed by atoms with Crippen LogP contribution in [0.2, 0.25) is 0 Å². The van der Waals surface area contributed by atoms with Crippen LogP contribution in [0, 0.1) is 5.92 Å². The SMILES string of the molecule is CCC(C)(O)CN(CCOC)CC(C)C. The summed E-state index contributed by atoms with van der Waals surface area (Å²) in [4.78, 5) is 2.28. The number of methoxy groups -OCH3 is 1. The molecule has 3 nitrogen and oxygen atoms in total. The van der Waals surface area contributed by atoms with Gasteiger partial charge in [-0.05, 0) is 19.3 Å². The topological polar surface area (TPSA) is 32.7 Å². The third-order valence-electron chi connectivity index (χ3n) is 2.56. The Labute approximate surface area is 94.4 Å². The predicted molar refractivity (Wildman–Crippen MR) is 64.1 cm³/mol. The highest BCUT2D eigenvalue weighted by Crippen LogP contribution is 2.12. The Kier molecular flexibility index (Phi) is 7.14. The van der Waals surface area contributed by atoms with Crippen molar-refractivity contribution in [3.63, 3.8) is 0 Å². The van der Waals surface area contributed by atoms with E-state index in [9.17, 15) is 5.11 Å². The van der Waals surface area contributed by atoms with Gasteiger partial charge in [0.05, 0.1) is 12.2 Å². The fourth-order valence-electron chi connectivity index (χ4n) is 1.57. The highest BCUT2D eigenvalue weighted by Gasteiger charge is 2.21. The minimum absolute atomic E-state index is 0.581. The summed E-state index contributed by atoms with van der Waals surface area (Å²) in [6.07, 6.45) is 0.786. The first kappa shape index (κ1) is 14.9.